The minimum Gasteiger partial charge on any atom is -0.508 e. The van der Waals surface area contributed by atoms with Crippen molar-refractivity contribution in [3.8, 4) is 22.9 Å². The summed E-state index contributed by atoms with van der Waals surface area (Å²) in [5, 5.41) is 13.5. The molecule has 0 bridgehead atoms. The van der Waals surface area contributed by atoms with E-state index >= 15 is 0 Å². The van der Waals surface area contributed by atoms with Gasteiger partial charge in [0.05, 0.1) is 18.1 Å². The molecular formula is C16H14N2O2. The number of hydrogen-bond donors (Lipinski definition) is 1. The number of ether oxygens (including phenoxy) is 1. The molecule has 4 nitrogen and oxygen atoms in total. The number of aryl methyl sites for hydroxylation is 1. The molecule has 100 valence electrons. The molecule has 0 radical (unpaired) electrons. The highest BCUT2D eigenvalue weighted by molar-refractivity contribution is 5.37. The molecule has 20 heavy (non-hydrogen) atoms. The highest BCUT2D eigenvalue weighted by atomic mass is 16.5. The lowest BCUT2D eigenvalue weighted by Crippen LogP contribution is -1.93. The van der Waals surface area contributed by atoms with E-state index in [9.17, 15) is 5.11 Å². The Bertz CT molecular complexity index is 717. The van der Waals surface area contributed by atoms with Crippen molar-refractivity contribution >= 4 is 0 Å². The second kappa shape index (κ2) is 5.09. The smallest absolute Gasteiger partial charge is 0.165 e. The molecule has 0 atom stereocenters. The molecule has 1 aromatic heterocycles. The molecule has 3 aromatic rings. The normalized spacial score (nSPS) is 10.4. The van der Waals surface area contributed by atoms with Crippen LogP contribution in [-0.4, -0.2) is 14.9 Å². The predicted octanol–water partition coefficient (Wildman–Crippen LogP) is 3.68. The zero-order valence-electron chi connectivity index (χ0n) is 11.0. The second-order valence-corrected chi connectivity index (χ2v) is 4.56. The molecule has 0 amide bonds. The van der Waals surface area contributed by atoms with Gasteiger partial charge in [-0.3, -0.25) is 0 Å². The summed E-state index contributed by atoms with van der Waals surface area (Å²) in [6.07, 6.45) is 3.48. The highest BCUT2D eigenvalue weighted by Gasteiger charge is 2.03. The molecule has 1 N–H and O–H groups in total. The Balaban J connectivity index is 1.82. The topological polar surface area (TPSA) is 47.3 Å². The number of nitrogens with zero attached hydrogens (tertiary/aromatic N) is 2. The maximum absolute atomic E-state index is 9.23. The summed E-state index contributed by atoms with van der Waals surface area (Å²) in [5.41, 5.74) is 2.17. The van der Waals surface area contributed by atoms with Crippen LogP contribution in [0.4, 0.5) is 0 Å². The fourth-order valence-corrected chi connectivity index (χ4v) is 1.92. The van der Waals surface area contributed by atoms with Crippen molar-refractivity contribution in [2.75, 3.05) is 0 Å². The maximum Gasteiger partial charge on any atom is 0.165 e. The van der Waals surface area contributed by atoms with Crippen molar-refractivity contribution < 1.29 is 9.84 Å². The molecule has 0 fully saturated rings. The van der Waals surface area contributed by atoms with Crippen molar-refractivity contribution in [3.05, 3.63) is 66.5 Å². The van der Waals surface area contributed by atoms with Gasteiger partial charge < -0.3 is 9.84 Å². The third-order valence-corrected chi connectivity index (χ3v) is 2.90. The van der Waals surface area contributed by atoms with E-state index in [1.54, 1.807) is 35.1 Å². The Labute approximate surface area is 116 Å². The summed E-state index contributed by atoms with van der Waals surface area (Å²) in [7, 11) is 0. The minimum atomic E-state index is 0.216. The van der Waals surface area contributed by atoms with Crippen molar-refractivity contribution in [2.45, 2.75) is 6.92 Å². The number of rotatable bonds is 3. The van der Waals surface area contributed by atoms with Crippen LogP contribution in [0, 0.1) is 6.92 Å². The molecule has 0 aliphatic carbocycles. The van der Waals surface area contributed by atoms with Crippen LogP contribution >= 0.6 is 0 Å². The van der Waals surface area contributed by atoms with Gasteiger partial charge in [-0.05, 0) is 48.9 Å². The van der Waals surface area contributed by atoms with E-state index in [0.717, 1.165) is 5.69 Å². The Hall–Kier alpha value is -2.75. The van der Waals surface area contributed by atoms with E-state index in [2.05, 4.69) is 11.2 Å². The Morgan fingerprint density at radius 2 is 1.85 bits per heavy atom. The molecule has 4 heteroatoms. The first kappa shape index (κ1) is 12.3. The van der Waals surface area contributed by atoms with Crippen LogP contribution in [0.15, 0.2) is 60.9 Å². The van der Waals surface area contributed by atoms with Crippen LogP contribution in [0.5, 0.6) is 17.2 Å². The first-order chi connectivity index (χ1) is 9.70. The van der Waals surface area contributed by atoms with Gasteiger partial charge in [0.15, 0.2) is 5.75 Å². The molecule has 0 aliphatic heterocycles. The number of phenolic OH excluding ortho intramolecular Hbond substituents is 1. The molecule has 0 saturated heterocycles. The average molecular weight is 266 g/mol. The standard InChI is InChI=1S/C16H14N2O2/c1-12-3-2-4-13(9-12)18-11-16(10-17-18)20-15-7-5-14(19)6-8-15/h2-11,19H,1H3. The third-order valence-electron chi connectivity index (χ3n) is 2.90. The van der Waals surface area contributed by atoms with Gasteiger partial charge in [-0.2, -0.15) is 5.10 Å². The summed E-state index contributed by atoms with van der Waals surface area (Å²) in [6, 6.07) is 14.7. The van der Waals surface area contributed by atoms with E-state index < -0.39 is 0 Å². The van der Waals surface area contributed by atoms with E-state index in [4.69, 9.17) is 4.74 Å². The monoisotopic (exact) mass is 266 g/mol. The molecule has 0 saturated carbocycles. The Kier molecular flexibility index (Phi) is 3.13. The zero-order chi connectivity index (χ0) is 13.9. The van der Waals surface area contributed by atoms with Gasteiger partial charge in [-0.15, -0.1) is 0 Å². The van der Waals surface area contributed by atoms with Gasteiger partial charge in [-0.1, -0.05) is 12.1 Å². The van der Waals surface area contributed by atoms with Gasteiger partial charge in [0.25, 0.3) is 0 Å². The van der Waals surface area contributed by atoms with Crippen molar-refractivity contribution in [3.63, 3.8) is 0 Å². The van der Waals surface area contributed by atoms with Crippen LogP contribution in [0.3, 0.4) is 0 Å². The third kappa shape index (κ3) is 2.64. The quantitative estimate of drug-likeness (QED) is 0.786. The molecule has 0 spiro atoms. The lowest BCUT2D eigenvalue weighted by Gasteiger charge is -2.03. The number of aromatic nitrogens is 2. The Morgan fingerprint density at radius 1 is 1.05 bits per heavy atom. The first-order valence-corrected chi connectivity index (χ1v) is 6.29. The van der Waals surface area contributed by atoms with Crippen LogP contribution in [0.1, 0.15) is 5.56 Å². The van der Waals surface area contributed by atoms with E-state index in [0.29, 0.717) is 11.5 Å². The van der Waals surface area contributed by atoms with E-state index in [1.807, 2.05) is 31.3 Å². The van der Waals surface area contributed by atoms with Gasteiger partial charge in [0.2, 0.25) is 0 Å². The molecule has 1 heterocycles. The SMILES string of the molecule is Cc1cccc(-n2cc(Oc3ccc(O)cc3)cn2)c1. The molecule has 3 rings (SSSR count). The summed E-state index contributed by atoms with van der Waals surface area (Å²) >= 11 is 0. The number of benzene rings is 2. The van der Waals surface area contributed by atoms with Gasteiger partial charge in [0, 0.05) is 0 Å². The summed E-state index contributed by atoms with van der Waals surface area (Å²) < 4.78 is 7.44. The zero-order valence-corrected chi connectivity index (χ0v) is 11.0. The second-order valence-electron chi connectivity index (χ2n) is 4.56. The van der Waals surface area contributed by atoms with Gasteiger partial charge in [-0.25, -0.2) is 4.68 Å². The lowest BCUT2D eigenvalue weighted by atomic mass is 10.2. The van der Waals surface area contributed by atoms with Crippen molar-refractivity contribution in [2.24, 2.45) is 0 Å². The predicted molar refractivity (Wildman–Crippen MR) is 76.5 cm³/mol. The van der Waals surface area contributed by atoms with Gasteiger partial charge >= 0.3 is 0 Å². The lowest BCUT2D eigenvalue weighted by molar-refractivity contribution is 0.464. The van der Waals surface area contributed by atoms with E-state index in [-0.39, 0.29) is 5.75 Å². The van der Waals surface area contributed by atoms with Crippen molar-refractivity contribution in [1.29, 1.82) is 0 Å². The summed E-state index contributed by atoms with van der Waals surface area (Å²) in [4.78, 5) is 0. The summed E-state index contributed by atoms with van der Waals surface area (Å²) in [6.45, 7) is 2.04. The fraction of sp³-hybridized carbons (Fsp3) is 0.0625. The fourth-order valence-electron chi connectivity index (χ4n) is 1.92. The Morgan fingerprint density at radius 3 is 2.60 bits per heavy atom. The van der Waals surface area contributed by atoms with E-state index in [1.165, 1.54) is 5.56 Å². The number of aromatic hydroxyl groups is 1. The number of phenols is 1. The molecule has 0 aliphatic rings. The number of hydrogen-bond acceptors (Lipinski definition) is 3. The minimum absolute atomic E-state index is 0.216. The summed E-state index contributed by atoms with van der Waals surface area (Å²) in [5.74, 6) is 1.52. The molecule has 2 aromatic carbocycles. The highest BCUT2D eigenvalue weighted by Crippen LogP contribution is 2.23. The van der Waals surface area contributed by atoms with Crippen molar-refractivity contribution in [1.82, 2.24) is 9.78 Å². The molecular weight excluding hydrogens is 252 g/mol. The van der Waals surface area contributed by atoms with Crippen LogP contribution in [0.25, 0.3) is 5.69 Å². The molecule has 0 unspecified atom stereocenters. The first-order valence-electron chi connectivity index (χ1n) is 6.29. The maximum atomic E-state index is 9.23. The van der Waals surface area contributed by atoms with Gasteiger partial charge in [0.1, 0.15) is 11.5 Å². The largest absolute Gasteiger partial charge is 0.508 e. The van der Waals surface area contributed by atoms with Crippen LogP contribution in [-0.2, 0) is 0 Å². The van der Waals surface area contributed by atoms with Crippen LogP contribution < -0.4 is 4.74 Å². The van der Waals surface area contributed by atoms with Crippen LogP contribution in [0.2, 0.25) is 0 Å². The average Bonchev–Trinajstić information content (AvgIpc) is 2.90.